The normalized spacial score (nSPS) is 11.7. The zero-order valence-electron chi connectivity index (χ0n) is 15.8. The lowest BCUT2D eigenvalue weighted by atomic mass is 10.1. The summed E-state index contributed by atoms with van der Waals surface area (Å²) in [6.45, 7) is 8.52. The predicted molar refractivity (Wildman–Crippen MR) is 108 cm³/mol. The van der Waals surface area contributed by atoms with Gasteiger partial charge in [0.25, 0.3) is 0 Å². The molecule has 4 heterocycles. The molecule has 27 heavy (non-hydrogen) atoms. The van der Waals surface area contributed by atoms with Gasteiger partial charge in [-0.15, -0.1) is 16.4 Å². The van der Waals surface area contributed by atoms with Gasteiger partial charge in [-0.2, -0.15) is 4.52 Å². The molecule has 0 aromatic carbocycles. The lowest BCUT2D eigenvalue weighted by Crippen LogP contribution is -2.11. The van der Waals surface area contributed by atoms with E-state index in [1.807, 2.05) is 19.1 Å². The molecular formula is C19H23N5O2S. The van der Waals surface area contributed by atoms with Crippen LogP contribution < -0.4 is 5.32 Å². The predicted octanol–water partition coefficient (Wildman–Crippen LogP) is 4.31. The summed E-state index contributed by atoms with van der Waals surface area (Å²) in [5, 5.41) is 9.14. The van der Waals surface area contributed by atoms with Crippen LogP contribution in [0.15, 0.2) is 22.8 Å². The summed E-state index contributed by atoms with van der Waals surface area (Å²) >= 11 is 1.71. The fourth-order valence-corrected chi connectivity index (χ4v) is 4.31. The maximum absolute atomic E-state index is 5.50. The van der Waals surface area contributed by atoms with Crippen molar-refractivity contribution in [2.45, 2.75) is 33.6 Å². The van der Waals surface area contributed by atoms with Gasteiger partial charge in [0.1, 0.15) is 4.83 Å². The van der Waals surface area contributed by atoms with Crippen molar-refractivity contribution in [3.05, 3.63) is 28.8 Å². The van der Waals surface area contributed by atoms with E-state index in [0.29, 0.717) is 17.5 Å². The second-order valence-corrected chi connectivity index (χ2v) is 7.43. The first-order valence-corrected chi connectivity index (χ1v) is 10.1. The molecule has 4 aromatic rings. The summed E-state index contributed by atoms with van der Waals surface area (Å²) in [5.41, 5.74) is 2.11. The molecule has 0 aliphatic rings. The fourth-order valence-electron chi connectivity index (χ4n) is 3.21. The van der Waals surface area contributed by atoms with Crippen molar-refractivity contribution in [1.29, 1.82) is 0 Å². The van der Waals surface area contributed by atoms with Gasteiger partial charge in [-0.05, 0) is 44.4 Å². The Labute approximate surface area is 161 Å². The van der Waals surface area contributed by atoms with E-state index in [9.17, 15) is 0 Å². The number of aryl methyl sites for hydroxylation is 2. The Morgan fingerprint density at radius 3 is 2.93 bits per heavy atom. The molecule has 0 aliphatic heterocycles. The highest BCUT2D eigenvalue weighted by molar-refractivity contribution is 7.18. The Balaban J connectivity index is 1.81. The van der Waals surface area contributed by atoms with Crippen molar-refractivity contribution in [1.82, 2.24) is 19.6 Å². The Morgan fingerprint density at radius 2 is 2.19 bits per heavy atom. The molecule has 0 radical (unpaired) electrons. The summed E-state index contributed by atoms with van der Waals surface area (Å²) < 4.78 is 12.7. The molecular weight excluding hydrogens is 362 g/mol. The van der Waals surface area contributed by atoms with Gasteiger partial charge in [0.2, 0.25) is 11.8 Å². The number of furan rings is 1. The molecule has 0 bridgehead atoms. The Hall–Kier alpha value is -2.45. The third-order valence-electron chi connectivity index (χ3n) is 4.48. The molecule has 4 aromatic heterocycles. The summed E-state index contributed by atoms with van der Waals surface area (Å²) in [7, 11) is 0. The van der Waals surface area contributed by atoms with Gasteiger partial charge < -0.3 is 14.5 Å². The first kappa shape index (κ1) is 17.9. The van der Waals surface area contributed by atoms with E-state index < -0.39 is 0 Å². The highest BCUT2D eigenvalue weighted by Gasteiger charge is 2.20. The number of hydrogen-bond acceptors (Lipinski definition) is 7. The third kappa shape index (κ3) is 3.30. The Kier molecular flexibility index (Phi) is 5.09. The smallest absolute Gasteiger partial charge is 0.227 e. The standard InChI is InChI=1S/C19H23N5O2S/c1-4-13-12(3)27-18-15(13)17-21-16(14-8-6-11-26-14)23-24(17)19(22-18)20-9-7-10-25-5-2/h6,8,11H,4-5,7,9-10H2,1-3H3,(H,20,22). The zero-order valence-corrected chi connectivity index (χ0v) is 16.6. The molecule has 0 saturated carbocycles. The van der Waals surface area contributed by atoms with E-state index in [1.54, 1.807) is 22.1 Å². The van der Waals surface area contributed by atoms with Crippen molar-refractivity contribution >= 4 is 33.1 Å². The number of fused-ring (bicyclic) bond motifs is 3. The van der Waals surface area contributed by atoms with Crippen LogP contribution in [0.5, 0.6) is 0 Å². The summed E-state index contributed by atoms with van der Waals surface area (Å²) in [4.78, 5) is 11.9. The first-order chi connectivity index (χ1) is 13.2. The molecule has 0 spiro atoms. The van der Waals surface area contributed by atoms with E-state index >= 15 is 0 Å². The van der Waals surface area contributed by atoms with Crippen molar-refractivity contribution in [2.75, 3.05) is 25.1 Å². The van der Waals surface area contributed by atoms with Crippen molar-refractivity contribution in [3.63, 3.8) is 0 Å². The molecule has 1 N–H and O–H groups in total. The van der Waals surface area contributed by atoms with Crippen LogP contribution in [0.3, 0.4) is 0 Å². The molecule has 0 atom stereocenters. The number of ether oxygens (including phenoxy) is 1. The fraction of sp³-hybridized carbons (Fsp3) is 0.421. The van der Waals surface area contributed by atoms with Gasteiger partial charge >= 0.3 is 0 Å². The molecule has 8 heteroatoms. The molecule has 4 rings (SSSR count). The minimum atomic E-state index is 0.567. The van der Waals surface area contributed by atoms with Crippen molar-refractivity contribution in [2.24, 2.45) is 0 Å². The molecule has 0 aliphatic carbocycles. The Morgan fingerprint density at radius 1 is 1.30 bits per heavy atom. The van der Waals surface area contributed by atoms with E-state index in [0.717, 1.165) is 48.5 Å². The number of hydrogen-bond donors (Lipinski definition) is 1. The minimum Gasteiger partial charge on any atom is -0.461 e. The molecule has 0 unspecified atom stereocenters. The van der Waals surface area contributed by atoms with E-state index in [4.69, 9.17) is 19.1 Å². The summed E-state index contributed by atoms with van der Waals surface area (Å²) in [6.07, 6.45) is 3.47. The van der Waals surface area contributed by atoms with Crippen LogP contribution in [-0.2, 0) is 11.2 Å². The lowest BCUT2D eigenvalue weighted by Gasteiger charge is -2.08. The molecule has 0 fully saturated rings. The number of nitrogens with zero attached hydrogens (tertiary/aromatic N) is 4. The van der Waals surface area contributed by atoms with Gasteiger partial charge in [0, 0.05) is 24.6 Å². The van der Waals surface area contributed by atoms with Gasteiger partial charge in [0.15, 0.2) is 11.4 Å². The van der Waals surface area contributed by atoms with E-state index in [2.05, 4.69) is 24.3 Å². The number of thiophene rings is 1. The van der Waals surface area contributed by atoms with Crippen LogP contribution in [0.2, 0.25) is 0 Å². The maximum Gasteiger partial charge on any atom is 0.227 e. The zero-order chi connectivity index (χ0) is 18.8. The number of anilines is 1. The second-order valence-electron chi connectivity index (χ2n) is 6.23. The van der Waals surface area contributed by atoms with Gasteiger partial charge in [-0.25, -0.2) is 9.97 Å². The average Bonchev–Trinajstić information content (AvgIpc) is 3.38. The summed E-state index contributed by atoms with van der Waals surface area (Å²) in [6, 6.07) is 3.71. The van der Waals surface area contributed by atoms with Crippen LogP contribution in [0.4, 0.5) is 5.95 Å². The molecule has 142 valence electrons. The van der Waals surface area contributed by atoms with Crippen molar-refractivity contribution in [3.8, 4) is 11.6 Å². The average molecular weight is 385 g/mol. The van der Waals surface area contributed by atoms with Crippen molar-refractivity contribution < 1.29 is 9.15 Å². The van der Waals surface area contributed by atoms with Gasteiger partial charge in [0.05, 0.1) is 11.6 Å². The van der Waals surface area contributed by atoms with E-state index in [1.165, 1.54) is 10.4 Å². The lowest BCUT2D eigenvalue weighted by molar-refractivity contribution is 0.147. The summed E-state index contributed by atoms with van der Waals surface area (Å²) in [5.74, 6) is 1.92. The second kappa shape index (κ2) is 7.66. The molecule has 0 amide bonds. The van der Waals surface area contributed by atoms with Crippen LogP contribution in [-0.4, -0.2) is 39.3 Å². The van der Waals surface area contributed by atoms with Crippen LogP contribution in [0.25, 0.3) is 27.4 Å². The third-order valence-corrected chi connectivity index (χ3v) is 5.52. The molecule has 7 nitrogen and oxygen atoms in total. The maximum atomic E-state index is 5.50. The minimum absolute atomic E-state index is 0.567. The van der Waals surface area contributed by atoms with E-state index in [-0.39, 0.29) is 0 Å². The highest BCUT2D eigenvalue weighted by Crippen LogP contribution is 2.34. The number of rotatable bonds is 8. The van der Waals surface area contributed by atoms with Crippen LogP contribution >= 0.6 is 11.3 Å². The Bertz CT molecular complexity index is 1050. The topological polar surface area (TPSA) is 77.5 Å². The molecule has 0 saturated heterocycles. The van der Waals surface area contributed by atoms with Gasteiger partial charge in [-0.1, -0.05) is 6.92 Å². The largest absolute Gasteiger partial charge is 0.461 e. The SMILES string of the molecule is CCOCCCNc1nc2sc(C)c(CC)c2c2nc(-c3ccco3)nn12. The quantitative estimate of drug-likeness (QED) is 0.456. The first-order valence-electron chi connectivity index (χ1n) is 9.27. The van der Waals surface area contributed by atoms with Gasteiger partial charge in [-0.3, -0.25) is 0 Å². The van der Waals surface area contributed by atoms with Crippen LogP contribution in [0, 0.1) is 6.92 Å². The highest BCUT2D eigenvalue weighted by atomic mass is 32.1. The monoisotopic (exact) mass is 385 g/mol. The number of aromatic nitrogens is 4. The number of nitrogens with one attached hydrogen (secondary N) is 1. The van der Waals surface area contributed by atoms with Crippen LogP contribution in [0.1, 0.15) is 30.7 Å².